The van der Waals surface area contributed by atoms with Crippen LogP contribution in [-0.4, -0.2) is 96.7 Å². The van der Waals surface area contributed by atoms with Crippen molar-refractivity contribution in [2.24, 2.45) is 17.8 Å². The zero-order valence-corrected chi connectivity index (χ0v) is 55.6. The zero-order chi connectivity index (χ0) is 62.4. The Morgan fingerprint density at radius 3 is 0.964 bits per heavy atom. The molecule has 0 saturated heterocycles. The molecule has 0 bridgehead atoms. The van der Waals surface area contributed by atoms with Crippen molar-refractivity contribution in [2.75, 3.05) is 39.6 Å². The van der Waals surface area contributed by atoms with Gasteiger partial charge in [-0.25, -0.2) is 9.13 Å². The van der Waals surface area contributed by atoms with Gasteiger partial charge in [0.2, 0.25) is 0 Å². The van der Waals surface area contributed by atoms with Crippen LogP contribution >= 0.6 is 15.6 Å². The zero-order valence-electron chi connectivity index (χ0n) is 53.8. The number of phosphoric acid groups is 2. The van der Waals surface area contributed by atoms with E-state index < -0.39 is 97.5 Å². The molecule has 2 unspecified atom stereocenters. The van der Waals surface area contributed by atoms with Gasteiger partial charge < -0.3 is 33.8 Å². The standard InChI is InChI=1S/C65H122O17P2/c1-8-9-10-11-12-13-14-15-16-17-18-19-23-34-41-48-64(69)81-60(52-75-62(67)46-39-32-27-25-30-37-44-57(4)5)54-79-83(71,72)77-50-59(66)51-78-84(73,74)80-55-61(53-76-63(68)47-40-33-28-26-31-38-45-58(6)7)82-65(70)49-42-35-24-21-20-22-29-36-43-56(2)3/h13-16,56-61,66H,8-12,17-55H2,1-7H3,(H,71,72)(H,73,74)/b14-13-,16-15-/t59-,60-,61-/m1/s1. The van der Waals surface area contributed by atoms with Crippen molar-refractivity contribution in [1.29, 1.82) is 0 Å². The third kappa shape index (κ3) is 58.6. The van der Waals surface area contributed by atoms with Gasteiger partial charge in [0.05, 0.1) is 26.4 Å². The van der Waals surface area contributed by atoms with Crippen LogP contribution in [0.25, 0.3) is 0 Å². The number of esters is 4. The lowest BCUT2D eigenvalue weighted by molar-refractivity contribution is -0.161. The summed E-state index contributed by atoms with van der Waals surface area (Å²) in [5.74, 6) is -0.100. The van der Waals surface area contributed by atoms with Crippen molar-refractivity contribution in [2.45, 2.75) is 311 Å². The van der Waals surface area contributed by atoms with Gasteiger partial charge in [-0.05, 0) is 69.1 Å². The Bertz CT molecular complexity index is 1760. The van der Waals surface area contributed by atoms with Crippen LogP contribution in [-0.2, 0) is 65.4 Å². The SMILES string of the molecule is CCCCCC/C=C\C=C/CCCCCCCC(=O)O[C@H](COC(=O)CCCCCCCCC(C)C)COP(=O)(O)OC[C@@H](O)COP(=O)(O)OC[C@@H](COC(=O)CCCCCCCCC(C)C)OC(=O)CCCCCCCCCCC(C)C. The molecule has 0 rings (SSSR count). The number of rotatable bonds is 61. The average molecular weight is 1240 g/mol. The van der Waals surface area contributed by atoms with E-state index in [1.807, 2.05) is 0 Å². The molecule has 0 spiro atoms. The first kappa shape index (κ1) is 81.5. The Hall–Kier alpha value is -2.46. The fourth-order valence-electron chi connectivity index (χ4n) is 9.12. The molecule has 0 fully saturated rings. The van der Waals surface area contributed by atoms with Gasteiger partial charge in [-0.2, -0.15) is 0 Å². The third-order valence-electron chi connectivity index (χ3n) is 14.3. The maximum Gasteiger partial charge on any atom is 0.472 e. The molecule has 19 heteroatoms. The van der Waals surface area contributed by atoms with Crippen molar-refractivity contribution >= 4 is 39.5 Å². The summed E-state index contributed by atoms with van der Waals surface area (Å²) in [6.07, 6.45) is 40.2. The quantitative estimate of drug-likeness (QED) is 0.0169. The summed E-state index contributed by atoms with van der Waals surface area (Å²) < 4.78 is 67.9. The highest BCUT2D eigenvalue weighted by Gasteiger charge is 2.30. The highest BCUT2D eigenvalue weighted by Crippen LogP contribution is 2.45. The highest BCUT2D eigenvalue weighted by atomic mass is 31.2. The second-order valence-electron chi connectivity index (χ2n) is 24.2. The molecule has 5 atom stereocenters. The summed E-state index contributed by atoms with van der Waals surface area (Å²) in [7, 11) is -9.90. The number of carbonyl (C=O) groups is 4. The van der Waals surface area contributed by atoms with Crippen LogP contribution in [0.15, 0.2) is 24.3 Å². The fourth-order valence-corrected chi connectivity index (χ4v) is 10.7. The smallest absolute Gasteiger partial charge is 0.462 e. The summed E-state index contributed by atoms with van der Waals surface area (Å²) in [6.45, 7) is 11.5. The first-order valence-corrected chi connectivity index (χ1v) is 36.2. The van der Waals surface area contributed by atoms with E-state index in [2.05, 4.69) is 72.8 Å². The number of allylic oxidation sites excluding steroid dienone is 4. The Labute approximate surface area is 510 Å². The highest BCUT2D eigenvalue weighted by molar-refractivity contribution is 7.47. The summed E-state index contributed by atoms with van der Waals surface area (Å²) in [5.41, 5.74) is 0. The predicted molar refractivity (Wildman–Crippen MR) is 335 cm³/mol. The monoisotopic (exact) mass is 1240 g/mol. The van der Waals surface area contributed by atoms with Crippen molar-refractivity contribution in [3.63, 3.8) is 0 Å². The molecule has 0 aliphatic carbocycles. The molecule has 17 nitrogen and oxygen atoms in total. The van der Waals surface area contributed by atoms with Gasteiger partial charge in [0.25, 0.3) is 0 Å². The third-order valence-corrected chi connectivity index (χ3v) is 16.2. The first-order chi connectivity index (χ1) is 40.2. The van der Waals surface area contributed by atoms with E-state index in [9.17, 15) is 43.2 Å². The van der Waals surface area contributed by atoms with Gasteiger partial charge in [0.15, 0.2) is 12.2 Å². The molecule has 0 aliphatic rings. The lowest BCUT2D eigenvalue weighted by Crippen LogP contribution is -2.30. The van der Waals surface area contributed by atoms with Crippen LogP contribution in [0.4, 0.5) is 0 Å². The molecular formula is C65H122O17P2. The van der Waals surface area contributed by atoms with E-state index in [0.717, 1.165) is 121 Å². The van der Waals surface area contributed by atoms with Gasteiger partial charge in [0, 0.05) is 25.7 Å². The Kier molecular flexibility index (Phi) is 54.2. The van der Waals surface area contributed by atoms with Gasteiger partial charge >= 0.3 is 39.5 Å². The number of unbranched alkanes of at least 4 members (excludes halogenated alkanes) is 26. The van der Waals surface area contributed by atoms with E-state index in [0.29, 0.717) is 37.5 Å². The first-order valence-electron chi connectivity index (χ1n) is 33.2. The van der Waals surface area contributed by atoms with Crippen LogP contribution in [0.2, 0.25) is 0 Å². The molecule has 0 amide bonds. The normalized spacial score (nSPS) is 14.5. The minimum absolute atomic E-state index is 0.0832. The molecule has 0 saturated carbocycles. The minimum atomic E-state index is -4.95. The summed E-state index contributed by atoms with van der Waals surface area (Å²) in [5, 5.41) is 10.5. The van der Waals surface area contributed by atoms with Crippen LogP contribution in [0.5, 0.6) is 0 Å². The van der Waals surface area contributed by atoms with Gasteiger partial charge in [0.1, 0.15) is 19.3 Å². The summed E-state index contributed by atoms with van der Waals surface area (Å²) >= 11 is 0. The summed E-state index contributed by atoms with van der Waals surface area (Å²) in [4.78, 5) is 72.2. The molecule has 0 aromatic heterocycles. The number of hydrogen-bond donors (Lipinski definition) is 3. The number of ether oxygens (including phenoxy) is 4. The van der Waals surface area contributed by atoms with E-state index in [1.165, 1.54) is 77.0 Å². The van der Waals surface area contributed by atoms with Crippen LogP contribution in [0, 0.1) is 17.8 Å². The van der Waals surface area contributed by atoms with Crippen LogP contribution < -0.4 is 0 Å². The van der Waals surface area contributed by atoms with Crippen molar-refractivity contribution in [1.82, 2.24) is 0 Å². The van der Waals surface area contributed by atoms with Crippen LogP contribution in [0.3, 0.4) is 0 Å². The molecule has 3 N–H and O–H groups in total. The summed E-state index contributed by atoms with van der Waals surface area (Å²) in [6, 6.07) is 0. The predicted octanol–water partition coefficient (Wildman–Crippen LogP) is 17.4. The molecule has 0 aromatic carbocycles. The molecule has 0 aliphatic heterocycles. The van der Waals surface area contributed by atoms with Crippen molar-refractivity contribution in [3.05, 3.63) is 24.3 Å². The molecule has 0 radical (unpaired) electrons. The van der Waals surface area contributed by atoms with E-state index in [1.54, 1.807) is 0 Å². The topological polar surface area (TPSA) is 237 Å². The number of hydrogen-bond acceptors (Lipinski definition) is 15. The maximum atomic E-state index is 13.0. The Morgan fingerprint density at radius 1 is 0.369 bits per heavy atom. The number of aliphatic hydroxyl groups excluding tert-OH is 1. The van der Waals surface area contributed by atoms with Crippen molar-refractivity contribution < 1.29 is 80.2 Å². The second-order valence-corrected chi connectivity index (χ2v) is 27.2. The average Bonchev–Trinajstić information content (AvgIpc) is 3.53. The van der Waals surface area contributed by atoms with E-state index >= 15 is 0 Å². The molecule has 494 valence electrons. The lowest BCUT2D eigenvalue weighted by Gasteiger charge is -2.21. The minimum Gasteiger partial charge on any atom is -0.462 e. The molecular weight excluding hydrogens is 1110 g/mol. The Balaban J connectivity index is 5.27. The Morgan fingerprint density at radius 2 is 0.643 bits per heavy atom. The maximum absolute atomic E-state index is 13.0. The molecule has 0 heterocycles. The number of carbonyl (C=O) groups excluding carboxylic acids is 4. The lowest BCUT2D eigenvalue weighted by atomic mass is 10.0. The molecule has 0 aromatic rings. The van der Waals surface area contributed by atoms with E-state index in [-0.39, 0.29) is 25.7 Å². The van der Waals surface area contributed by atoms with Gasteiger partial charge in [-0.15, -0.1) is 0 Å². The van der Waals surface area contributed by atoms with E-state index in [4.69, 9.17) is 37.0 Å². The van der Waals surface area contributed by atoms with Crippen LogP contribution in [0.1, 0.15) is 292 Å². The number of phosphoric ester groups is 2. The van der Waals surface area contributed by atoms with Crippen molar-refractivity contribution in [3.8, 4) is 0 Å². The molecule has 84 heavy (non-hydrogen) atoms. The van der Waals surface area contributed by atoms with Gasteiger partial charge in [-0.3, -0.25) is 37.3 Å². The largest absolute Gasteiger partial charge is 0.472 e. The fraction of sp³-hybridized carbons (Fsp3) is 0.877. The second kappa shape index (κ2) is 55.8. The van der Waals surface area contributed by atoms with Gasteiger partial charge in [-0.1, -0.05) is 240 Å². The number of aliphatic hydroxyl groups is 1.